The van der Waals surface area contributed by atoms with Gasteiger partial charge in [0.25, 0.3) is 0 Å². The minimum absolute atomic E-state index is 0.456. The quantitative estimate of drug-likeness (QED) is 0.636. The molecule has 1 N–H and O–H groups in total. The fourth-order valence-corrected chi connectivity index (χ4v) is 3.50. The van der Waals surface area contributed by atoms with Gasteiger partial charge in [-0.15, -0.1) is 0 Å². The van der Waals surface area contributed by atoms with Crippen molar-refractivity contribution in [2.45, 2.75) is 38.1 Å². The molecular weight excluding hydrogens is 324 g/mol. The second-order valence-electron chi connectivity index (χ2n) is 6.77. The van der Waals surface area contributed by atoms with E-state index in [-0.39, 0.29) is 0 Å². The first kappa shape index (κ1) is 16.7. The van der Waals surface area contributed by atoms with Crippen LogP contribution in [0.4, 0.5) is 5.88 Å². The summed E-state index contributed by atoms with van der Waals surface area (Å²) in [5, 5.41) is 3.61. The van der Waals surface area contributed by atoms with Gasteiger partial charge in [0, 0.05) is 17.2 Å². The molecule has 1 fully saturated rings. The highest BCUT2D eigenvalue weighted by Gasteiger charge is 2.21. The monoisotopic (exact) mass is 348 g/mol. The van der Waals surface area contributed by atoms with Gasteiger partial charge in [0.15, 0.2) is 0 Å². The summed E-state index contributed by atoms with van der Waals surface area (Å²) in [5.74, 6) is 2.25. The van der Waals surface area contributed by atoms with Gasteiger partial charge < -0.3 is 14.5 Å². The Balaban J connectivity index is 1.70. The number of oxazole rings is 1. The van der Waals surface area contributed by atoms with Gasteiger partial charge in [-0.3, -0.25) is 0 Å². The maximum Gasteiger partial charge on any atom is 0.229 e. The van der Waals surface area contributed by atoms with Crippen LogP contribution in [0.25, 0.3) is 22.7 Å². The summed E-state index contributed by atoms with van der Waals surface area (Å²) >= 11 is 0. The van der Waals surface area contributed by atoms with Crippen molar-refractivity contribution in [3.63, 3.8) is 0 Å². The number of aromatic nitrogens is 1. The van der Waals surface area contributed by atoms with Gasteiger partial charge in [-0.25, -0.2) is 4.98 Å². The molecule has 0 spiro atoms. The van der Waals surface area contributed by atoms with Crippen molar-refractivity contribution < 1.29 is 9.15 Å². The van der Waals surface area contributed by atoms with Crippen molar-refractivity contribution in [3.8, 4) is 28.5 Å². The highest BCUT2D eigenvalue weighted by molar-refractivity contribution is 5.74. The third-order valence-corrected chi connectivity index (χ3v) is 4.95. The Labute approximate surface area is 154 Å². The smallest absolute Gasteiger partial charge is 0.229 e. The van der Waals surface area contributed by atoms with E-state index in [1.165, 1.54) is 32.1 Å². The SMILES string of the molecule is COc1ccc(-c2nc(-c3ccccc3)oc2NC2CCCCC2)cc1. The molecule has 1 saturated carbocycles. The number of hydrogen-bond acceptors (Lipinski definition) is 4. The van der Waals surface area contributed by atoms with E-state index in [0.29, 0.717) is 11.9 Å². The number of hydrogen-bond donors (Lipinski definition) is 1. The summed E-state index contributed by atoms with van der Waals surface area (Å²) in [4.78, 5) is 4.80. The number of nitrogens with one attached hydrogen (secondary N) is 1. The van der Waals surface area contributed by atoms with Crippen molar-refractivity contribution in [2.24, 2.45) is 0 Å². The van der Waals surface area contributed by atoms with E-state index in [4.69, 9.17) is 14.1 Å². The van der Waals surface area contributed by atoms with Crippen molar-refractivity contribution in [2.75, 3.05) is 12.4 Å². The van der Waals surface area contributed by atoms with Gasteiger partial charge in [-0.05, 0) is 49.2 Å². The van der Waals surface area contributed by atoms with Gasteiger partial charge in [-0.1, -0.05) is 37.5 Å². The van der Waals surface area contributed by atoms with Crippen LogP contribution in [0.1, 0.15) is 32.1 Å². The van der Waals surface area contributed by atoms with Crippen LogP contribution in [0.2, 0.25) is 0 Å². The number of nitrogens with zero attached hydrogens (tertiary/aromatic N) is 1. The molecule has 4 heteroatoms. The predicted molar refractivity (Wildman–Crippen MR) is 104 cm³/mol. The molecule has 0 unspecified atom stereocenters. The normalized spacial score (nSPS) is 15.0. The summed E-state index contributed by atoms with van der Waals surface area (Å²) in [6.45, 7) is 0. The molecule has 4 nitrogen and oxygen atoms in total. The van der Waals surface area contributed by atoms with Crippen molar-refractivity contribution in [1.82, 2.24) is 4.98 Å². The first-order valence-corrected chi connectivity index (χ1v) is 9.31. The van der Waals surface area contributed by atoms with Crippen LogP contribution in [0.15, 0.2) is 59.0 Å². The van der Waals surface area contributed by atoms with Gasteiger partial charge in [-0.2, -0.15) is 0 Å². The Bertz CT molecular complexity index is 834. The zero-order valence-corrected chi connectivity index (χ0v) is 15.1. The zero-order valence-electron chi connectivity index (χ0n) is 15.1. The topological polar surface area (TPSA) is 47.3 Å². The Morgan fingerprint density at radius 3 is 2.35 bits per heavy atom. The second-order valence-corrected chi connectivity index (χ2v) is 6.77. The lowest BCUT2D eigenvalue weighted by Gasteiger charge is -2.22. The van der Waals surface area contributed by atoms with Crippen LogP contribution in [0, 0.1) is 0 Å². The minimum Gasteiger partial charge on any atom is -0.497 e. The number of methoxy groups -OCH3 is 1. The van der Waals surface area contributed by atoms with E-state index in [2.05, 4.69) is 5.32 Å². The van der Waals surface area contributed by atoms with Crippen LogP contribution in [0.3, 0.4) is 0 Å². The summed E-state index contributed by atoms with van der Waals surface area (Å²) in [6.07, 6.45) is 6.24. The molecule has 2 aromatic carbocycles. The molecule has 134 valence electrons. The molecule has 1 aliphatic carbocycles. The van der Waals surface area contributed by atoms with E-state index < -0.39 is 0 Å². The molecule has 0 radical (unpaired) electrons. The minimum atomic E-state index is 0.456. The Hall–Kier alpha value is -2.75. The Kier molecular flexibility index (Phi) is 4.91. The average molecular weight is 348 g/mol. The van der Waals surface area contributed by atoms with Gasteiger partial charge in [0.2, 0.25) is 11.8 Å². The molecule has 1 aromatic heterocycles. The maximum atomic E-state index is 6.16. The highest BCUT2D eigenvalue weighted by Crippen LogP contribution is 2.35. The van der Waals surface area contributed by atoms with Gasteiger partial charge in [0.05, 0.1) is 7.11 Å². The van der Waals surface area contributed by atoms with E-state index in [1.54, 1.807) is 7.11 Å². The van der Waals surface area contributed by atoms with E-state index in [9.17, 15) is 0 Å². The summed E-state index contributed by atoms with van der Waals surface area (Å²) < 4.78 is 11.4. The summed E-state index contributed by atoms with van der Waals surface area (Å²) in [5.41, 5.74) is 2.87. The van der Waals surface area contributed by atoms with Crippen molar-refractivity contribution >= 4 is 5.88 Å². The standard InChI is InChI=1S/C22H24N2O2/c1-25-19-14-12-16(13-15-19)20-22(23-18-10-6-3-7-11-18)26-21(24-20)17-8-4-2-5-9-17/h2,4-5,8-9,12-15,18,23H,3,6-7,10-11H2,1H3. The van der Waals surface area contributed by atoms with Crippen LogP contribution in [0.5, 0.6) is 5.75 Å². The first-order chi connectivity index (χ1) is 12.8. The number of anilines is 1. The fraction of sp³-hybridized carbons (Fsp3) is 0.318. The molecule has 0 bridgehead atoms. The Morgan fingerprint density at radius 2 is 1.65 bits per heavy atom. The lowest BCUT2D eigenvalue weighted by molar-refractivity contribution is 0.415. The zero-order chi connectivity index (χ0) is 17.8. The highest BCUT2D eigenvalue weighted by atomic mass is 16.5. The molecule has 1 heterocycles. The van der Waals surface area contributed by atoms with Crippen molar-refractivity contribution in [1.29, 1.82) is 0 Å². The molecule has 1 aliphatic rings. The number of rotatable bonds is 5. The molecule has 0 amide bonds. The summed E-state index contributed by atoms with van der Waals surface area (Å²) in [7, 11) is 1.68. The van der Waals surface area contributed by atoms with Crippen molar-refractivity contribution in [3.05, 3.63) is 54.6 Å². The second kappa shape index (κ2) is 7.65. The first-order valence-electron chi connectivity index (χ1n) is 9.31. The van der Waals surface area contributed by atoms with Crippen LogP contribution in [-0.4, -0.2) is 18.1 Å². The van der Waals surface area contributed by atoms with Crippen LogP contribution < -0.4 is 10.1 Å². The molecule has 0 atom stereocenters. The predicted octanol–water partition coefficient (Wildman–Crippen LogP) is 5.76. The van der Waals surface area contributed by atoms with E-state index in [1.807, 2.05) is 54.6 Å². The molecule has 3 aromatic rings. The third-order valence-electron chi connectivity index (χ3n) is 4.95. The molecular formula is C22H24N2O2. The lowest BCUT2D eigenvalue weighted by Crippen LogP contribution is -2.22. The third kappa shape index (κ3) is 3.59. The Morgan fingerprint density at radius 1 is 0.923 bits per heavy atom. The van der Waals surface area contributed by atoms with Gasteiger partial charge in [0.1, 0.15) is 11.4 Å². The molecule has 0 saturated heterocycles. The van der Waals surface area contributed by atoms with E-state index in [0.717, 1.165) is 28.5 Å². The van der Waals surface area contributed by atoms with Crippen LogP contribution >= 0.6 is 0 Å². The largest absolute Gasteiger partial charge is 0.497 e. The molecule has 4 rings (SSSR count). The van der Waals surface area contributed by atoms with Gasteiger partial charge >= 0.3 is 0 Å². The molecule has 0 aliphatic heterocycles. The van der Waals surface area contributed by atoms with E-state index >= 15 is 0 Å². The lowest BCUT2D eigenvalue weighted by atomic mass is 9.95. The average Bonchev–Trinajstić information content (AvgIpc) is 3.13. The number of ether oxygens (including phenoxy) is 1. The van der Waals surface area contributed by atoms with Crippen LogP contribution in [-0.2, 0) is 0 Å². The summed E-state index contributed by atoms with van der Waals surface area (Å²) in [6, 6.07) is 18.5. The maximum absolute atomic E-state index is 6.16. The fourth-order valence-electron chi connectivity index (χ4n) is 3.50. The molecule has 26 heavy (non-hydrogen) atoms. The number of benzene rings is 2.